The first-order valence-electron chi connectivity index (χ1n) is 11.8. The average Bonchev–Trinajstić information content (AvgIpc) is 3.42. The monoisotopic (exact) mass is 446 g/mol. The Hall–Kier alpha value is -3.19. The summed E-state index contributed by atoms with van der Waals surface area (Å²) in [5, 5.41) is 9.40. The highest BCUT2D eigenvalue weighted by molar-refractivity contribution is 5.95. The summed E-state index contributed by atoms with van der Waals surface area (Å²) >= 11 is 0. The molecule has 2 heterocycles. The van der Waals surface area contributed by atoms with Crippen molar-refractivity contribution >= 4 is 22.9 Å². The maximum Gasteiger partial charge on any atom is 0.335 e. The number of carboxylic acids is 1. The van der Waals surface area contributed by atoms with Crippen LogP contribution in [0.15, 0.2) is 42.5 Å². The SMILES string of the molecule is CN1CCCN(C(=O)c2ccc(-c3nc4cc(C(=O)O)ccc4n3C3CCCC3)cc2)CC1. The Balaban J connectivity index is 1.48. The number of hydrogen-bond acceptors (Lipinski definition) is 4. The van der Waals surface area contributed by atoms with Gasteiger partial charge in [-0.15, -0.1) is 0 Å². The van der Waals surface area contributed by atoms with Crippen molar-refractivity contribution in [3.8, 4) is 11.4 Å². The molecule has 1 saturated heterocycles. The lowest BCUT2D eigenvalue weighted by atomic mass is 10.1. The number of carboxylic acid groups (broad SMARTS) is 1. The van der Waals surface area contributed by atoms with E-state index in [0.717, 1.165) is 62.3 Å². The van der Waals surface area contributed by atoms with E-state index in [1.54, 1.807) is 12.1 Å². The van der Waals surface area contributed by atoms with Gasteiger partial charge in [0.1, 0.15) is 5.82 Å². The van der Waals surface area contributed by atoms with E-state index in [9.17, 15) is 14.7 Å². The van der Waals surface area contributed by atoms with Gasteiger partial charge in [-0.05, 0) is 63.2 Å². The summed E-state index contributed by atoms with van der Waals surface area (Å²) in [5.74, 6) is -0.0291. The zero-order valence-electron chi connectivity index (χ0n) is 19.0. The number of imidazole rings is 1. The van der Waals surface area contributed by atoms with Gasteiger partial charge >= 0.3 is 5.97 Å². The van der Waals surface area contributed by atoms with Gasteiger partial charge in [0, 0.05) is 36.8 Å². The molecule has 1 aliphatic carbocycles. The smallest absolute Gasteiger partial charge is 0.335 e. The molecule has 1 N–H and O–H groups in total. The highest BCUT2D eigenvalue weighted by Crippen LogP contribution is 2.37. The number of nitrogens with zero attached hydrogens (tertiary/aromatic N) is 4. The molecule has 0 bridgehead atoms. The quantitative estimate of drug-likeness (QED) is 0.647. The minimum absolute atomic E-state index is 0.0762. The first-order chi connectivity index (χ1) is 16.0. The first-order valence-corrected chi connectivity index (χ1v) is 11.8. The van der Waals surface area contributed by atoms with E-state index in [4.69, 9.17) is 4.98 Å². The lowest BCUT2D eigenvalue weighted by molar-refractivity contribution is 0.0696. The maximum atomic E-state index is 13.1. The normalized spacial score (nSPS) is 18.0. The average molecular weight is 447 g/mol. The molecule has 33 heavy (non-hydrogen) atoms. The Morgan fingerprint density at radius 3 is 2.36 bits per heavy atom. The van der Waals surface area contributed by atoms with Gasteiger partial charge < -0.3 is 19.5 Å². The molecule has 7 nitrogen and oxygen atoms in total. The summed E-state index contributed by atoms with van der Waals surface area (Å²) < 4.78 is 2.27. The zero-order chi connectivity index (χ0) is 22.9. The molecule has 1 saturated carbocycles. The third-order valence-corrected chi connectivity index (χ3v) is 7.02. The molecule has 0 unspecified atom stereocenters. The standard InChI is InChI=1S/C26H30N4O3/c1-28-13-4-14-29(16-15-28)25(31)19-9-7-18(8-10-19)24-27-22-17-20(26(32)33)11-12-23(22)30(24)21-5-2-3-6-21/h7-12,17,21H,2-6,13-16H2,1H3,(H,32,33). The number of hydrogen-bond donors (Lipinski definition) is 1. The van der Waals surface area contributed by atoms with E-state index in [1.165, 1.54) is 12.8 Å². The van der Waals surface area contributed by atoms with Crippen LogP contribution < -0.4 is 0 Å². The lowest BCUT2D eigenvalue weighted by Gasteiger charge is -2.21. The van der Waals surface area contributed by atoms with Crippen molar-refractivity contribution in [3.63, 3.8) is 0 Å². The Kier molecular flexibility index (Phi) is 5.89. The fraction of sp³-hybridized carbons (Fsp3) is 0.423. The zero-order valence-corrected chi connectivity index (χ0v) is 19.0. The Bertz CT molecular complexity index is 1180. The first kappa shape index (κ1) is 21.6. The van der Waals surface area contributed by atoms with Crippen molar-refractivity contribution in [1.29, 1.82) is 0 Å². The number of aromatic carboxylic acids is 1. The topological polar surface area (TPSA) is 78.7 Å². The fourth-order valence-corrected chi connectivity index (χ4v) is 5.16. The third-order valence-electron chi connectivity index (χ3n) is 7.02. The number of amides is 1. The number of carbonyl (C=O) groups is 2. The predicted octanol–water partition coefficient (Wildman–Crippen LogP) is 4.29. The van der Waals surface area contributed by atoms with Crippen LogP contribution in [0.25, 0.3) is 22.4 Å². The van der Waals surface area contributed by atoms with Gasteiger partial charge in [-0.2, -0.15) is 0 Å². The van der Waals surface area contributed by atoms with Crippen LogP contribution in [0.5, 0.6) is 0 Å². The molecule has 172 valence electrons. The van der Waals surface area contributed by atoms with E-state index in [0.29, 0.717) is 17.1 Å². The number of fused-ring (bicyclic) bond motifs is 1. The summed E-state index contributed by atoms with van der Waals surface area (Å²) in [5.41, 5.74) is 3.55. The fourth-order valence-electron chi connectivity index (χ4n) is 5.16. The van der Waals surface area contributed by atoms with Crippen LogP contribution in [0.3, 0.4) is 0 Å². The molecule has 3 aromatic rings. The van der Waals surface area contributed by atoms with Crippen LogP contribution in [0, 0.1) is 0 Å². The van der Waals surface area contributed by atoms with Gasteiger partial charge in [0.15, 0.2) is 0 Å². The van der Waals surface area contributed by atoms with E-state index in [-0.39, 0.29) is 11.5 Å². The molecule has 1 amide bonds. The summed E-state index contributed by atoms with van der Waals surface area (Å²) in [6.07, 6.45) is 5.56. The molecule has 1 aromatic heterocycles. The second-order valence-electron chi connectivity index (χ2n) is 9.28. The minimum Gasteiger partial charge on any atom is -0.478 e. The summed E-state index contributed by atoms with van der Waals surface area (Å²) in [6.45, 7) is 3.45. The van der Waals surface area contributed by atoms with E-state index >= 15 is 0 Å². The molecule has 0 spiro atoms. The third kappa shape index (κ3) is 4.25. The predicted molar refractivity (Wildman–Crippen MR) is 128 cm³/mol. The second-order valence-corrected chi connectivity index (χ2v) is 9.28. The second kappa shape index (κ2) is 8.98. The van der Waals surface area contributed by atoms with Gasteiger partial charge in [-0.25, -0.2) is 9.78 Å². The van der Waals surface area contributed by atoms with Crippen molar-refractivity contribution in [2.45, 2.75) is 38.1 Å². The molecule has 7 heteroatoms. The number of benzene rings is 2. The molecular formula is C26H30N4O3. The Morgan fingerprint density at radius 1 is 0.909 bits per heavy atom. The van der Waals surface area contributed by atoms with Crippen molar-refractivity contribution in [2.24, 2.45) is 0 Å². The summed E-state index contributed by atoms with van der Waals surface area (Å²) in [4.78, 5) is 33.6. The maximum absolute atomic E-state index is 13.1. The van der Waals surface area contributed by atoms with Crippen LogP contribution >= 0.6 is 0 Å². The molecule has 0 atom stereocenters. The van der Waals surface area contributed by atoms with Crippen LogP contribution in [-0.4, -0.2) is 69.6 Å². The van der Waals surface area contributed by atoms with Gasteiger partial charge in [0.25, 0.3) is 5.91 Å². The summed E-state index contributed by atoms with van der Waals surface area (Å²) in [7, 11) is 2.10. The van der Waals surface area contributed by atoms with Gasteiger partial charge in [-0.1, -0.05) is 25.0 Å². The summed E-state index contributed by atoms with van der Waals surface area (Å²) in [6, 6.07) is 13.3. The molecular weight excluding hydrogens is 416 g/mol. The van der Waals surface area contributed by atoms with Crippen LogP contribution in [0.4, 0.5) is 0 Å². The molecule has 2 fully saturated rings. The van der Waals surface area contributed by atoms with E-state index < -0.39 is 5.97 Å². The van der Waals surface area contributed by atoms with Crippen LogP contribution in [0.1, 0.15) is 58.9 Å². The Morgan fingerprint density at radius 2 is 1.64 bits per heavy atom. The number of rotatable bonds is 4. The van der Waals surface area contributed by atoms with Crippen molar-refractivity contribution in [3.05, 3.63) is 53.6 Å². The van der Waals surface area contributed by atoms with Crippen molar-refractivity contribution < 1.29 is 14.7 Å². The van der Waals surface area contributed by atoms with Crippen LogP contribution in [0.2, 0.25) is 0 Å². The van der Waals surface area contributed by atoms with Crippen molar-refractivity contribution in [2.75, 3.05) is 33.2 Å². The number of likely N-dealkylation sites (N-methyl/N-ethyl adjacent to an activating group) is 1. The molecule has 2 aliphatic rings. The molecule has 0 radical (unpaired) electrons. The van der Waals surface area contributed by atoms with Gasteiger partial charge in [0.2, 0.25) is 0 Å². The molecule has 2 aromatic carbocycles. The highest BCUT2D eigenvalue weighted by atomic mass is 16.4. The van der Waals surface area contributed by atoms with Crippen molar-refractivity contribution in [1.82, 2.24) is 19.4 Å². The van der Waals surface area contributed by atoms with Gasteiger partial charge in [-0.3, -0.25) is 4.79 Å². The Labute approximate surface area is 193 Å². The van der Waals surface area contributed by atoms with E-state index in [2.05, 4.69) is 16.5 Å². The lowest BCUT2D eigenvalue weighted by Crippen LogP contribution is -2.34. The van der Waals surface area contributed by atoms with Gasteiger partial charge in [0.05, 0.1) is 16.6 Å². The van der Waals surface area contributed by atoms with Crippen LogP contribution in [-0.2, 0) is 0 Å². The molecule has 5 rings (SSSR count). The highest BCUT2D eigenvalue weighted by Gasteiger charge is 2.24. The number of aromatic nitrogens is 2. The largest absolute Gasteiger partial charge is 0.478 e. The number of carbonyl (C=O) groups excluding carboxylic acids is 1. The minimum atomic E-state index is -0.948. The van der Waals surface area contributed by atoms with E-state index in [1.807, 2.05) is 35.2 Å². The molecule has 1 aliphatic heterocycles.